The number of carbonyl (C=O) groups excluding carboxylic acids is 2. The van der Waals surface area contributed by atoms with E-state index in [1.807, 2.05) is 6.07 Å². The van der Waals surface area contributed by atoms with Crippen molar-refractivity contribution in [1.29, 1.82) is 0 Å². The lowest BCUT2D eigenvalue weighted by Gasteiger charge is -2.21. The molecule has 3 aliphatic rings. The van der Waals surface area contributed by atoms with E-state index in [1.54, 1.807) is 24.3 Å². The van der Waals surface area contributed by atoms with E-state index in [-0.39, 0.29) is 41.0 Å². The fourth-order valence-electron chi connectivity index (χ4n) is 5.60. The molecule has 210 valence electrons. The number of aliphatic carboxylic acids is 1. The minimum Gasteiger partial charge on any atom is -0.479 e. The maximum Gasteiger partial charge on any atom is 0.341 e. The molecule has 3 fully saturated rings. The molecule has 40 heavy (non-hydrogen) atoms. The van der Waals surface area contributed by atoms with E-state index in [0.717, 1.165) is 30.4 Å². The molecule has 6 rings (SSSR count). The van der Waals surface area contributed by atoms with Crippen molar-refractivity contribution in [1.82, 2.24) is 9.97 Å². The Hall–Kier alpha value is -3.18. The maximum absolute atomic E-state index is 13.9. The van der Waals surface area contributed by atoms with Crippen LogP contribution in [0.5, 0.6) is 5.88 Å². The molecule has 3 saturated carbocycles. The third-order valence-corrected chi connectivity index (χ3v) is 11.3. The Balaban J connectivity index is 1.28. The van der Waals surface area contributed by atoms with Gasteiger partial charge >= 0.3 is 5.97 Å². The minimum absolute atomic E-state index is 0.0275. The molecule has 0 spiro atoms. The van der Waals surface area contributed by atoms with Gasteiger partial charge in [0.05, 0.1) is 16.6 Å². The zero-order valence-corrected chi connectivity index (χ0v) is 23.5. The van der Waals surface area contributed by atoms with E-state index in [0.29, 0.717) is 52.4 Å². The average Bonchev–Trinajstić information content (AvgIpc) is 3.85. The van der Waals surface area contributed by atoms with Crippen LogP contribution in [-0.2, 0) is 30.6 Å². The summed E-state index contributed by atoms with van der Waals surface area (Å²) >= 11 is 1.26. The van der Waals surface area contributed by atoms with Crippen LogP contribution in [0.25, 0.3) is 10.3 Å². The molecule has 0 aliphatic heterocycles. The van der Waals surface area contributed by atoms with Gasteiger partial charge in [-0.2, -0.15) is 0 Å². The second-order valence-corrected chi connectivity index (χ2v) is 14.4. The number of carboxylic acid groups (broad SMARTS) is 1. The summed E-state index contributed by atoms with van der Waals surface area (Å²) in [6.07, 6.45) is 5.69. The zero-order valence-electron chi connectivity index (χ0n) is 21.9. The minimum atomic E-state index is -3.36. The summed E-state index contributed by atoms with van der Waals surface area (Å²) in [4.78, 5) is 46.5. The molecule has 2 heterocycles. The predicted molar refractivity (Wildman–Crippen MR) is 148 cm³/mol. The number of Topliss-reactive ketones (excluding diaryl/α,β-unsaturated/α-hetero) is 2. The Morgan fingerprint density at radius 3 is 2.55 bits per heavy atom. The molecule has 2 aromatic heterocycles. The van der Waals surface area contributed by atoms with E-state index in [2.05, 4.69) is 9.97 Å². The van der Waals surface area contributed by atoms with Gasteiger partial charge in [0.15, 0.2) is 16.4 Å². The first-order valence-corrected chi connectivity index (χ1v) is 16.1. The third kappa shape index (κ3) is 5.81. The van der Waals surface area contributed by atoms with Gasteiger partial charge in [-0.1, -0.05) is 23.5 Å². The average molecular weight is 583 g/mol. The number of hydrogen-bond acceptors (Lipinski definition) is 9. The first kappa shape index (κ1) is 27.0. The maximum atomic E-state index is 13.9. The van der Waals surface area contributed by atoms with Gasteiger partial charge in [-0.15, -0.1) is 0 Å². The number of carboxylic acids is 1. The lowest BCUT2D eigenvalue weighted by Crippen LogP contribution is -2.19. The SMILES string of the molecule is O=C(O)COc1ccc2nc(CC(=O)[C@H](C[C@H]3CCC(=O)C3)c3ccc(S(=O)(=O)C4CC4)c(C4CC4)c3)sc2n1. The molecule has 0 unspecified atom stereocenters. The molecule has 9 nitrogen and oxygen atoms in total. The van der Waals surface area contributed by atoms with Crippen LogP contribution in [0.1, 0.15) is 79.3 Å². The van der Waals surface area contributed by atoms with E-state index >= 15 is 0 Å². The molecule has 3 aliphatic carbocycles. The van der Waals surface area contributed by atoms with Crippen LogP contribution in [0.4, 0.5) is 0 Å². The summed E-state index contributed by atoms with van der Waals surface area (Å²) in [5.74, 6) is -0.879. The normalized spacial score (nSPS) is 20.1. The number of carbonyl (C=O) groups is 3. The number of aromatic nitrogens is 2. The number of benzene rings is 1. The lowest BCUT2D eigenvalue weighted by molar-refractivity contribution is -0.139. The third-order valence-electron chi connectivity index (χ3n) is 7.97. The predicted octanol–water partition coefficient (Wildman–Crippen LogP) is 4.62. The molecule has 1 aromatic carbocycles. The van der Waals surface area contributed by atoms with Crippen LogP contribution in [0.3, 0.4) is 0 Å². The number of nitrogens with zero attached hydrogens (tertiary/aromatic N) is 2. The number of fused-ring (bicyclic) bond motifs is 1. The molecular formula is C29H30N2O7S2. The highest BCUT2D eigenvalue weighted by Gasteiger charge is 2.41. The monoisotopic (exact) mass is 582 g/mol. The highest BCUT2D eigenvalue weighted by molar-refractivity contribution is 7.92. The van der Waals surface area contributed by atoms with E-state index < -0.39 is 28.3 Å². The van der Waals surface area contributed by atoms with E-state index in [9.17, 15) is 22.8 Å². The second-order valence-electron chi connectivity index (χ2n) is 11.2. The number of sulfone groups is 1. The lowest BCUT2D eigenvalue weighted by atomic mass is 9.83. The standard InChI is InChI=1S/C29H30N2O7S2/c32-19-5-1-16(11-19)12-21(18-4-9-25(22(13-18)17-2-3-17)40(36,37)20-6-7-20)24(33)14-27-30-23-8-10-26(31-29(23)39-27)38-15-28(34)35/h4,8-10,13,16-17,20-21H,1-3,5-7,11-12,14-15H2,(H,34,35)/t16-,21+/m0/s1. The first-order chi connectivity index (χ1) is 19.2. The van der Waals surface area contributed by atoms with E-state index in [4.69, 9.17) is 9.84 Å². The quantitative estimate of drug-likeness (QED) is 0.324. The van der Waals surface area contributed by atoms with Crippen molar-refractivity contribution in [3.05, 3.63) is 46.5 Å². The number of ether oxygens (including phenoxy) is 1. The summed E-state index contributed by atoms with van der Waals surface area (Å²) in [6, 6.07) is 8.68. The molecular weight excluding hydrogens is 552 g/mol. The number of pyridine rings is 1. The molecule has 0 amide bonds. The molecule has 2 atom stereocenters. The first-order valence-electron chi connectivity index (χ1n) is 13.7. The summed E-state index contributed by atoms with van der Waals surface area (Å²) in [5, 5.41) is 9.14. The Morgan fingerprint density at radius 2 is 1.88 bits per heavy atom. The summed E-state index contributed by atoms with van der Waals surface area (Å²) in [6.45, 7) is -0.502. The molecule has 1 N–H and O–H groups in total. The van der Waals surface area contributed by atoms with Crippen molar-refractivity contribution in [2.45, 2.75) is 79.8 Å². The van der Waals surface area contributed by atoms with Crippen LogP contribution < -0.4 is 4.74 Å². The van der Waals surface area contributed by atoms with Crippen LogP contribution in [0.15, 0.2) is 35.2 Å². The number of rotatable bonds is 12. The smallest absolute Gasteiger partial charge is 0.341 e. The van der Waals surface area contributed by atoms with E-state index in [1.165, 1.54) is 11.3 Å². The molecule has 0 saturated heterocycles. The highest BCUT2D eigenvalue weighted by atomic mass is 32.2. The molecule has 3 aromatic rings. The van der Waals surface area contributed by atoms with Crippen molar-refractivity contribution in [2.24, 2.45) is 5.92 Å². The Bertz CT molecular complexity index is 1610. The van der Waals surface area contributed by atoms with Crippen molar-refractivity contribution < 1.29 is 32.6 Å². The van der Waals surface area contributed by atoms with Gasteiger partial charge in [0.1, 0.15) is 26.9 Å². The van der Waals surface area contributed by atoms with Crippen LogP contribution in [0, 0.1) is 5.92 Å². The number of hydrogen-bond donors (Lipinski definition) is 1. The fourth-order valence-corrected chi connectivity index (χ4v) is 8.47. The Kier molecular flexibility index (Phi) is 7.20. The van der Waals surface area contributed by atoms with Crippen molar-refractivity contribution in [3.8, 4) is 5.88 Å². The number of ketones is 2. The molecule has 11 heteroatoms. The van der Waals surface area contributed by atoms with Gasteiger partial charge < -0.3 is 9.84 Å². The Morgan fingerprint density at radius 1 is 1.07 bits per heavy atom. The van der Waals surface area contributed by atoms with Gasteiger partial charge in [0.25, 0.3) is 0 Å². The summed E-state index contributed by atoms with van der Waals surface area (Å²) < 4.78 is 31.5. The van der Waals surface area contributed by atoms with Crippen molar-refractivity contribution >= 4 is 49.1 Å². The van der Waals surface area contributed by atoms with Crippen molar-refractivity contribution in [2.75, 3.05) is 6.61 Å². The van der Waals surface area contributed by atoms with Crippen LogP contribution in [0.2, 0.25) is 0 Å². The van der Waals surface area contributed by atoms with Gasteiger partial charge in [-0.3, -0.25) is 9.59 Å². The largest absolute Gasteiger partial charge is 0.479 e. The fraction of sp³-hybridized carbons (Fsp3) is 0.483. The van der Waals surface area contributed by atoms with Gasteiger partial charge in [0, 0.05) is 24.8 Å². The molecule has 0 bridgehead atoms. The summed E-state index contributed by atoms with van der Waals surface area (Å²) in [7, 11) is -3.36. The van der Waals surface area contributed by atoms with Crippen LogP contribution in [-0.4, -0.2) is 52.9 Å². The van der Waals surface area contributed by atoms with Gasteiger partial charge in [-0.05, 0) is 73.6 Å². The second kappa shape index (κ2) is 10.7. The van der Waals surface area contributed by atoms with Crippen molar-refractivity contribution in [3.63, 3.8) is 0 Å². The van der Waals surface area contributed by atoms with Crippen LogP contribution >= 0.6 is 11.3 Å². The molecule has 0 radical (unpaired) electrons. The topological polar surface area (TPSA) is 141 Å². The Labute approximate surface area is 235 Å². The zero-order chi connectivity index (χ0) is 28.0. The highest BCUT2D eigenvalue weighted by Crippen LogP contribution is 2.47. The number of thiazole rings is 1. The van der Waals surface area contributed by atoms with Gasteiger partial charge in [-0.25, -0.2) is 23.2 Å². The van der Waals surface area contributed by atoms with Gasteiger partial charge in [0.2, 0.25) is 5.88 Å². The summed E-state index contributed by atoms with van der Waals surface area (Å²) in [5.41, 5.74) is 2.24.